The van der Waals surface area contributed by atoms with Gasteiger partial charge in [0.05, 0.1) is 24.5 Å². The molecule has 2 aromatic carbocycles. The Kier molecular flexibility index (Phi) is 6.00. The lowest BCUT2D eigenvalue weighted by Gasteiger charge is -2.27. The molecule has 1 aliphatic rings. The second-order valence-corrected chi connectivity index (χ2v) is 6.70. The number of aromatic nitrogens is 3. The van der Waals surface area contributed by atoms with E-state index in [1.165, 1.54) is 6.07 Å². The van der Waals surface area contributed by atoms with Crippen molar-refractivity contribution < 1.29 is 14.6 Å². The molecule has 0 saturated carbocycles. The van der Waals surface area contributed by atoms with Crippen LogP contribution in [0.25, 0.3) is 0 Å². The van der Waals surface area contributed by atoms with Crippen LogP contribution in [0.5, 0.6) is 0 Å². The Labute approximate surface area is 173 Å². The zero-order valence-electron chi connectivity index (χ0n) is 16.3. The molecule has 3 N–H and O–H groups in total. The average Bonchev–Trinajstić information content (AvgIpc) is 2.79. The van der Waals surface area contributed by atoms with E-state index in [4.69, 9.17) is 4.74 Å². The van der Waals surface area contributed by atoms with Crippen LogP contribution in [0, 0.1) is 0 Å². The molecule has 0 unspecified atom stereocenters. The number of carboxylic acids is 1. The highest BCUT2D eigenvalue weighted by molar-refractivity contribution is 5.94. The minimum Gasteiger partial charge on any atom is -0.478 e. The van der Waals surface area contributed by atoms with Crippen LogP contribution in [0.15, 0.2) is 54.6 Å². The molecule has 9 nitrogen and oxygen atoms in total. The molecule has 154 valence electrons. The molecule has 9 heteroatoms. The van der Waals surface area contributed by atoms with Crippen molar-refractivity contribution in [3.8, 4) is 0 Å². The summed E-state index contributed by atoms with van der Waals surface area (Å²) in [5.74, 6) is 0.170. The summed E-state index contributed by atoms with van der Waals surface area (Å²) in [6.45, 7) is 3.10. The smallest absolute Gasteiger partial charge is 0.337 e. The molecular weight excluding hydrogens is 384 g/mol. The predicted octanol–water partition coefficient (Wildman–Crippen LogP) is 2.76. The van der Waals surface area contributed by atoms with Crippen LogP contribution >= 0.6 is 0 Å². The van der Waals surface area contributed by atoms with E-state index in [-0.39, 0.29) is 11.5 Å². The van der Waals surface area contributed by atoms with Gasteiger partial charge in [-0.15, -0.1) is 0 Å². The quantitative estimate of drug-likeness (QED) is 0.545. The number of ether oxygens (including phenoxy) is 1. The zero-order chi connectivity index (χ0) is 20.8. The summed E-state index contributed by atoms with van der Waals surface area (Å²) >= 11 is 0. The maximum atomic E-state index is 11.5. The van der Waals surface area contributed by atoms with Crippen LogP contribution in [-0.2, 0) is 11.3 Å². The van der Waals surface area contributed by atoms with E-state index in [1.807, 2.05) is 35.2 Å². The van der Waals surface area contributed by atoms with E-state index < -0.39 is 5.97 Å². The Hall–Kier alpha value is -3.72. The zero-order valence-corrected chi connectivity index (χ0v) is 16.3. The van der Waals surface area contributed by atoms with Crippen molar-refractivity contribution in [3.63, 3.8) is 0 Å². The number of carboxylic acid groups (broad SMARTS) is 1. The number of nitrogens with one attached hydrogen (secondary N) is 2. The number of para-hydroxylation sites is 1. The fraction of sp³-hybridized carbons (Fsp3) is 0.238. The van der Waals surface area contributed by atoms with E-state index in [0.29, 0.717) is 50.4 Å². The maximum absolute atomic E-state index is 11.5. The molecule has 2 heterocycles. The average molecular weight is 406 g/mol. The number of rotatable bonds is 7. The van der Waals surface area contributed by atoms with Gasteiger partial charge < -0.3 is 25.4 Å². The van der Waals surface area contributed by atoms with Crippen LogP contribution < -0.4 is 15.5 Å². The van der Waals surface area contributed by atoms with Crippen LogP contribution in [0.4, 0.5) is 23.5 Å². The van der Waals surface area contributed by atoms with E-state index >= 15 is 0 Å². The van der Waals surface area contributed by atoms with E-state index in [9.17, 15) is 9.90 Å². The first-order chi connectivity index (χ1) is 14.7. The molecule has 0 bridgehead atoms. The molecule has 30 heavy (non-hydrogen) atoms. The largest absolute Gasteiger partial charge is 0.478 e. The number of morpholine rings is 1. The van der Waals surface area contributed by atoms with Gasteiger partial charge in [-0.05, 0) is 17.7 Å². The summed E-state index contributed by atoms with van der Waals surface area (Å²) in [6.07, 6.45) is 0. The van der Waals surface area contributed by atoms with Gasteiger partial charge in [0.25, 0.3) is 0 Å². The van der Waals surface area contributed by atoms with Gasteiger partial charge in [-0.25, -0.2) is 4.79 Å². The molecule has 4 rings (SSSR count). The predicted molar refractivity (Wildman–Crippen MR) is 113 cm³/mol. The number of anilines is 4. The third-order valence-electron chi connectivity index (χ3n) is 4.61. The molecule has 1 fully saturated rings. The summed E-state index contributed by atoms with van der Waals surface area (Å²) in [7, 11) is 0. The highest BCUT2D eigenvalue weighted by Crippen LogP contribution is 2.22. The number of hydrogen-bond acceptors (Lipinski definition) is 8. The number of hydrogen-bond donors (Lipinski definition) is 3. The molecular formula is C21H22N6O3. The molecule has 1 saturated heterocycles. The third kappa shape index (κ3) is 4.81. The lowest BCUT2D eigenvalue weighted by Crippen LogP contribution is -2.37. The van der Waals surface area contributed by atoms with Crippen LogP contribution in [-0.4, -0.2) is 52.3 Å². The van der Waals surface area contributed by atoms with Crippen molar-refractivity contribution in [3.05, 3.63) is 65.7 Å². The van der Waals surface area contributed by atoms with Crippen molar-refractivity contribution in [2.45, 2.75) is 6.54 Å². The lowest BCUT2D eigenvalue weighted by atomic mass is 10.2. The van der Waals surface area contributed by atoms with Gasteiger partial charge in [0, 0.05) is 19.6 Å². The molecule has 0 amide bonds. The number of nitrogens with zero attached hydrogens (tertiary/aromatic N) is 4. The van der Waals surface area contributed by atoms with E-state index in [1.54, 1.807) is 18.2 Å². The Balaban J connectivity index is 1.62. The van der Waals surface area contributed by atoms with Gasteiger partial charge >= 0.3 is 5.97 Å². The van der Waals surface area contributed by atoms with Crippen molar-refractivity contribution in [2.24, 2.45) is 0 Å². The molecule has 0 atom stereocenters. The summed E-state index contributed by atoms with van der Waals surface area (Å²) in [4.78, 5) is 27.1. The minimum absolute atomic E-state index is 0.143. The van der Waals surface area contributed by atoms with Crippen LogP contribution in [0.3, 0.4) is 0 Å². The SMILES string of the molecule is O=C(O)c1ccccc1Nc1nc(NCc2ccccc2)nc(N2CCOCC2)n1. The molecule has 0 aliphatic carbocycles. The van der Waals surface area contributed by atoms with Crippen molar-refractivity contribution in [1.29, 1.82) is 0 Å². The highest BCUT2D eigenvalue weighted by Gasteiger charge is 2.18. The molecule has 3 aromatic rings. The number of benzene rings is 2. The Bertz CT molecular complexity index is 1010. The summed E-state index contributed by atoms with van der Waals surface area (Å²) < 4.78 is 5.42. The van der Waals surface area contributed by atoms with Gasteiger partial charge in [-0.2, -0.15) is 15.0 Å². The van der Waals surface area contributed by atoms with Crippen molar-refractivity contribution in [1.82, 2.24) is 15.0 Å². The molecule has 0 radical (unpaired) electrons. The fourth-order valence-corrected chi connectivity index (χ4v) is 3.08. The van der Waals surface area contributed by atoms with Gasteiger partial charge in [-0.3, -0.25) is 0 Å². The third-order valence-corrected chi connectivity index (χ3v) is 4.61. The Morgan fingerprint density at radius 2 is 1.67 bits per heavy atom. The Morgan fingerprint density at radius 1 is 0.967 bits per heavy atom. The summed E-state index contributed by atoms with van der Waals surface area (Å²) in [6, 6.07) is 16.6. The lowest BCUT2D eigenvalue weighted by molar-refractivity contribution is 0.0698. The number of carbonyl (C=O) groups is 1. The van der Waals surface area contributed by atoms with Crippen molar-refractivity contribution >= 4 is 29.5 Å². The molecule has 1 aliphatic heterocycles. The van der Waals surface area contributed by atoms with Gasteiger partial charge in [0.15, 0.2) is 0 Å². The van der Waals surface area contributed by atoms with E-state index in [2.05, 4.69) is 25.6 Å². The highest BCUT2D eigenvalue weighted by atomic mass is 16.5. The second kappa shape index (κ2) is 9.19. The first-order valence-corrected chi connectivity index (χ1v) is 9.65. The molecule has 1 aromatic heterocycles. The Morgan fingerprint density at radius 3 is 2.43 bits per heavy atom. The maximum Gasteiger partial charge on any atom is 0.337 e. The first-order valence-electron chi connectivity index (χ1n) is 9.65. The van der Waals surface area contributed by atoms with E-state index in [0.717, 1.165) is 5.56 Å². The first kappa shape index (κ1) is 19.6. The van der Waals surface area contributed by atoms with Crippen molar-refractivity contribution in [2.75, 3.05) is 41.8 Å². The summed E-state index contributed by atoms with van der Waals surface area (Å²) in [5.41, 5.74) is 1.65. The monoisotopic (exact) mass is 406 g/mol. The fourth-order valence-electron chi connectivity index (χ4n) is 3.08. The van der Waals surface area contributed by atoms with Crippen LogP contribution in [0.2, 0.25) is 0 Å². The van der Waals surface area contributed by atoms with Gasteiger partial charge in [-0.1, -0.05) is 42.5 Å². The topological polar surface area (TPSA) is 112 Å². The van der Waals surface area contributed by atoms with Gasteiger partial charge in [0.2, 0.25) is 17.8 Å². The minimum atomic E-state index is -1.03. The number of aromatic carboxylic acids is 1. The van der Waals surface area contributed by atoms with Crippen LogP contribution in [0.1, 0.15) is 15.9 Å². The normalized spacial score (nSPS) is 13.7. The van der Waals surface area contributed by atoms with Gasteiger partial charge in [0.1, 0.15) is 0 Å². The second-order valence-electron chi connectivity index (χ2n) is 6.70. The standard InChI is InChI=1S/C21H22N6O3/c28-18(29)16-8-4-5-9-17(16)23-20-24-19(22-14-15-6-2-1-3-7-15)25-21(26-20)27-10-12-30-13-11-27/h1-9H,10-14H2,(H,28,29)(H2,22,23,24,25,26). The summed E-state index contributed by atoms with van der Waals surface area (Å²) in [5, 5.41) is 15.7. The molecule has 0 spiro atoms.